The van der Waals surface area contributed by atoms with Gasteiger partial charge in [-0.15, -0.1) is 0 Å². The van der Waals surface area contributed by atoms with Crippen molar-refractivity contribution in [3.63, 3.8) is 0 Å². The van der Waals surface area contributed by atoms with Gasteiger partial charge < -0.3 is 10.1 Å². The highest BCUT2D eigenvalue weighted by atomic mass is 19.4. The molecule has 0 unspecified atom stereocenters. The van der Waals surface area contributed by atoms with E-state index in [-0.39, 0.29) is 5.56 Å². The first-order valence-electron chi connectivity index (χ1n) is 7.77. The molecule has 24 heavy (non-hydrogen) atoms. The molecule has 2 rings (SSSR count). The second-order valence-electron chi connectivity index (χ2n) is 7.08. The normalized spacial score (nSPS) is 18.3. The number of carbonyl (C=O) groups excluding carboxylic acids is 1. The highest BCUT2D eigenvalue weighted by Gasteiger charge is 2.42. The molecule has 1 saturated heterocycles. The summed E-state index contributed by atoms with van der Waals surface area (Å²) >= 11 is 0. The SMILES string of the molecule is CC(C)(C)C(=O)OC1(c2ccc(F)c(C(F)(F)F)c2)CCNCC1. The molecule has 0 radical (unpaired) electrons. The van der Waals surface area contributed by atoms with Crippen molar-refractivity contribution in [1.82, 2.24) is 5.32 Å². The van der Waals surface area contributed by atoms with Gasteiger partial charge in [0.25, 0.3) is 0 Å². The van der Waals surface area contributed by atoms with E-state index in [1.165, 1.54) is 6.07 Å². The first-order valence-corrected chi connectivity index (χ1v) is 7.77. The van der Waals surface area contributed by atoms with Gasteiger partial charge in [0, 0.05) is 12.8 Å². The summed E-state index contributed by atoms with van der Waals surface area (Å²) in [6, 6.07) is 2.81. The van der Waals surface area contributed by atoms with Gasteiger partial charge in [-0.3, -0.25) is 4.79 Å². The van der Waals surface area contributed by atoms with Crippen molar-refractivity contribution in [3.8, 4) is 0 Å². The first-order chi connectivity index (χ1) is 11.0. The molecule has 1 fully saturated rings. The van der Waals surface area contributed by atoms with Gasteiger partial charge in [-0.1, -0.05) is 6.07 Å². The fourth-order valence-corrected chi connectivity index (χ4v) is 2.64. The molecule has 1 aromatic carbocycles. The van der Waals surface area contributed by atoms with Crippen molar-refractivity contribution in [1.29, 1.82) is 0 Å². The molecular weight excluding hydrogens is 326 g/mol. The molecule has 1 heterocycles. The van der Waals surface area contributed by atoms with Crippen molar-refractivity contribution in [2.24, 2.45) is 5.41 Å². The maximum Gasteiger partial charge on any atom is 0.419 e. The summed E-state index contributed by atoms with van der Waals surface area (Å²) in [5, 5.41) is 3.09. The van der Waals surface area contributed by atoms with Crippen LogP contribution in [0.15, 0.2) is 18.2 Å². The Hall–Kier alpha value is -1.63. The highest BCUT2D eigenvalue weighted by Crippen LogP contribution is 2.40. The van der Waals surface area contributed by atoms with E-state index in [9.17, 15) is 22.4 Å². The Bertz CT molecular complexity index is 614. The molecule has 0 aromatic heterocycles. The van der Waals surface area contributed by atoms with Crippen LogP contribution in [-0.2, 0) is 21.3 Å². The number of rotatable bonds is 2. The van der Waals surface area contributed by atoms with Gasteiger partial charge in [-0.25, -0.2) is 4.39 Å². The topological polar surface area (TPSA) is 38.3 Å². The lowest BCUT2D eigenvalue weighted by atomic mass is 9.83. The summed E-state index contributed by atoms with van der Waals surface area (Å²) in [6.45, 7) is 6.02. The molecule has 1 aromatic rings. The van der Waals surface area contributed by atoms with Crippen molar-refractivity contribution in [3.05, 3.63) is 35.1 Å². The third-order valence-corrected chi connectivity index (χ3v) is 4.11. The quantitative estimate of drug-likeness (QED) is 0.649. The number of benzene rings is 1. The zero-order chi connectivity index (χ0) is 18.2. The van der Waals surface area contributed by atoms with E-state index in [0.29, 0.717) is 25.9 Å². The maximum absolute atomic E-state index is 13.6. The van der Waals surface area contributed by atoms with E-state index < -0.39 is 34.5 Å². The molecule has 1 N–H and O–H groups in total. The monoisotopic (exact) mass is 347 g/mol. The third kappa shape index (κ3) is 3.88. The number of piperidine rings is 1. The maximum atomic E-state index is 13.6. The molecule has 0 atom stereocenters. The smallest absolute Gasteiger partial charge is 0.419 e. The second-order valence-corrected chi connectivity index (χ2v) is 7.08. The average Bonchev–Trinajstić information content (AvgIpc) is 2.46. The summed E-state index contributed by atoms with van der Waals surface area (Å²) in [4.78, 5) is 12.3. The van der Waals surface area contributed by atoms with E-state index in [0.717, 1.165) is 12.1 Å². The molecule has 0 aliphatic carbocycles. The van der Waals surface area contributed by atoms with Crippen LogP contribution in [0.2, 0.25) is 0 Å². The van der Waals surface area contributed by atoms with Crippen molar-refractivity contribution < 1.29 is 27.1 Å². The minimum Gasteiger partial charge on any atom is -0.454 e. The van der Waals surface area contributed by atoms with Gasteiger partial charge in [-0.2, -0.15) is 13.2 Å². The standard InChI is InChI=1S/C17H21F4NO2/c1-15(2,3)14(23)24-16(6-8-22-9-7-16)11-4-5-13(18)12(10-11)17(19,20)21/h4-5,10,22H,6-9H2,1-3H3. The van der Waals surface area contributed by atoms with Crippen LogP contribution in [0, 0.1) is 11.2 Å². The zero-order valence-electron chi connectivity index (χ0n) is 13.9. The Labute approximate surface area is 138 Å². The fraction of sp³-hybridized carbons (Fsp3) is 0.588. The Morgan fingerprint density at radius 2 is 1.75 bits per heavy atom. The van der Waals surface area contributed by atoms with E-state index in [1.807, 2.05) is 0 Å². The van der Waals surface area contributed by atoms with Crippen molar-refractivity contribution in [2.75, 3.05) is 13.1 Å². The Morgan fingerprint density at radius 1 is 1.17 bits per heavy atom. The van der Waals surface area contributed by atoms with Crippen molar-refractivity contribution in [2.45, 2.75) is 45.4 Å². The molecule has 1 aliphatic heterocycles. The van der Waals surface area contributed by atoms with Crippen LogP contribution in [0.25, 0.3) is 0 Å². The Kier molecular flexibility index (Phi) is 4.95. The number of nitrogens with one attached hydrogen (secondary N) is 1. The first kappa shape index (κ1) is 18.7. The molecule has 0 saturated carbocycles. The lowest BCUT2D eigenvalue weighted by Gasteiger charge is -2.39. The van der Waals surface area contributed by atoms with Crippen LogP contribution in [0.5, 0.6) is 0 Å². The van der Waals surface area contributed by atoms with E-state index in [4.69, 9.17) is 4.74 Å². The van der Waals surface area contributed by atoms with Crippen LogP contribution < -0.4 is 5.32 Å². The number of ether oxygens (including phenoxy) is 1. The molecule has 0 amide bonds. The Balaban J connectivity index is 2.47. The molecule has 0 spiro atoms. The number of carbonyl (C=O) groups is 1. The molecule has 0 bridgehead atoms. The highest BCUT2D eigenvalue weighted by molar-refractivity contribution is 5.76. The van der Waals surface area contributed by atoms with Gasteiger partial charge in [0.15, 0.2) is 0 Å². The minimum absolute atomic E-state index is 0.176. The zero-order valence-corrected chi connectivity index (χ0v) is 13.9. The lowest BCUT2D eigenvalue weighted by Crippen LogP contribution is -2.45. The van der Waals surface area contributed by atoms with Crippen LogP contribution >= 0.6 is 0 Å². The van der Waals surface area contributed by atoms with E-state index in [2.05, 4.69) is 5.32 Å². The second kappa shape index (κ2) is 6.35. The molecule has 7 heteroatoms. The molecule has 3 nitrogen and oxygen atoms in total. The third-order valence-electron chi connectivity index (χ3n) is 4.11. The number of halogens is 4. The largest absolute Gasteiger partial charge is 0.454 e. The molecule has 134 valence electrons. The minimum atomic E-state index is -4.80. The fourth-order valence-electron chi connectivity index (χ4n) is 2.64. The predicted molar refractivity (Wildman–Crippen MR) is 80.7 cm³/mol. The summed E-state index contributed by atoms with van der Waals surface area (Å²) in [6.07, 6.45) is -4.14. The summed E-state index contributed by atoms with van der Waals surface area (Å²) in [5.74, 6) is -1.83. The Morgan fingerprint density at radius 3 is 2.25 bits per heavy atom. The molecular formula is C17H21F4NO2. The summed E-state index contributed by atoms with van der Waals surface area (Å²) in [7, 11) is 0. The number of hydrogen-bond donors (Lipinski definition) is 1. The van der Waals surface area contributed by atoms with Gasteiger partial charge in [0.1, 0.15) is 11.4 Å². The van der Waals surface area contributed by atoms with Gasteiger partial charge in [-0.05, 0) is 51.6 Å². The van der Waals surface area contributed by atoms with Crippen LogP contribution in [0.4, 0.5) is 17.6 Å². The van der Waals surface area contributed by atoms with E-state index in [1.54, 1.807) is 20.8 Å². The van der Waals surface area contributed by atoms with Crippen LogP contribution in [-0.4, -0.2) is 19.1 Å². The summed E-state index contributed by atoms with van der Waals surface area (Å²) < 4.78 is 58.3. The van der Waals surface area contributed by atoms with Gasteiger partial charge in [0.2, 0.25) is 0 Å². The van der Waals surface area contributed by atoms with Crippen LogP contribution in [0.1, 0.15) is 44.7 Å². The van der Waals surface area contributed by atoms with Crippen molar-refractivity contribution >= 4 is 5.97 Å². The number of alkyl halides is 3. The van der Waals surface area contributed by atoms with Crippen LogP contribution in [0.3, 0.4) is 0 Å². The lowest BCUT2D eigenvalue weighted by molar-refractivity contribution is -0.174. The number of esters is 1. The average molecular weight is 347 g/mol. The molecule has 1 aliphatic rings. The van der Waals surface area contributed by atoms with Gasteiger partial charge in [0.05, 0.1) is 11.0 Å². The predicted octanol–water partition coefficient (Wildman–Crippen LogP) is 4.01. The summed E-state index contributed by atoms with van der Waals surface area (Å²) in [5.41, 5.74) is -3.13. The van der Waals surface area contributed by atoms with E-state index >= 15 is 0 Å². The number of hydrogen-bond acceptors (Lipinski definition) is 3. The van der Waals surface area contributed by atoms with Gasteiger partial charge >= 0.3 is 12.1 Å².